The monoisotopic (exact) mass is 310 g/mol. The summed E-state index contributed by atoms with van der Waals surface area (Å²) >= 11 is 0. The molecule has 0 bridgehead atoms. The van der Waals surface area contributed by atoms with Gasteiger partial charge in [-0.15, -0.1) is 0 Å². The molecule has 0 spiro atoms. The van der Waals surface area contributed by atoms with E-state index in [0.29, 0.717) is 25.2 Å². The van der Waals surface area contributed by atoms with Crippen molar-refractivity contribution in [3.63, 3.8) is 0 Å². The van der Waals surface area contributed by atoms with E-state index in [0.717, 1.165) is 13.0 Å². The molecule has 1 aliphatic rings. The van der Waals surface area contributed by atoms with Crippen LogP contribution in [0, 0.1) is 5.92 Å². The molecule has 0 radical (unpaired) electrons. The van der Waals surface area contributed by atoms with Gasteiger partial charge in [0.2, 0.25) is 5.43 Å². The summed E-state index contributed by atoms with van der Waals surface area (Å²) in [6.45, 7) is 3.53. The van der Waals surface area contributed by atoms with E-state index in [2.05, 4.69) is 0 Å². The van der Waals surface area contributed by atoms with Crippen LogP contribution in [0.1, 0.15) is 25.5 Å². The van der Waals surface area contributed by atoms with Crippen molar-refractivity contribution >= 4 is 5.97 Å². The summed E-state index contributed by atoms with van der Waals surface area (Å²) in [5.41, 5.74) is 0.193. The summed E-state index contributed by atoms with van der Waals surface area (Å²) in [6.07, 6.45) is 2.18. The van der Waals surface area contributed by atoms with Crippen LogP contribution in [0.3, 0.4) is 0 Å². The van der Waals surface area contributed by atoms with Crippen LogP contribution in [0.4, 0.5) is 0 Å². The van der Waals surface area contributed by atoms with Crippen LogP contribution < -0.4 is 5.43 Å². The van der Waals surface area contributed by atoms with Crippen molar-refractivity contribution < 1.29 is 20.1 Å². The fourth-order valence-electron chi connectivity index (χ4n) is 2.82. The predicted molar refractivity (Wildman–Crippen MR) is 79.7 cm³/mol. The van der Waals surface area contributed by atoms with Gasteiger partial charge in [0.05, 0.1) is 18.2 Å². The molecule has 2 heterocycles. The highest BCUT2D eigenvalue weighted by atomic mass is 16.4. The third-order valence-corrected chi connectivity index (χ3v) is 3.90. The van der Waals surface area contributed by atoms with E-state index in [1.165, 1.54) is 12.3 Å². The number of pyridine rings is 1. The van der Waals surface area contributed by atoms with Crippen molar-refractivity contribution in [3.8, 4) is 5.75 Å². The molecule has 1 fully saturated rings. The number of aromatic nitrogens is 1. The highest BCUT2D eigenvalue weighted by molar-refractivity contribution is 5.70. The first-order valence-corrected chi connectivity index (χ1v) is 7.42. The third kappa shape index (κ3) is 4.08. The number of hydrogen-bond donors (Lipinski definition) is 3. The molecular formula is C15H22N2O5. The van der Waals surface area contributed by atoms with Crippen LogP contribution >= 0.6 is 0 Å². The molecule has 2 atom stereocenters. The first kappa shape index (κ1) is 16.5. The maximum absolute atomic E-state index is 11.7. The smallest absolute Gasteiger partial charge is 0.307 e. The third-order valence-electron chi connectivity index (χ3n) is 3.90. The fraction of sp³-hybridized carbons (Fsp3) is 0.600. The van der Waals surface area contributed by atoms with Crippen LogP contribution in [0.2, 0.25) is 0 Å². The maximum atomic E-state index is 11.7. The topological polar surface area (TPSA) is 103 Å². The minimum Gasteiger partial charge on any atom is -0.503 e. The number of likely N-dealkylation sites (tertiary alicyclic amines) is 1. The molecule has 3 N–H and O–H groups in total. The van der Waals surface area contributed by atoms with Crippen molar-refractivity contribution in [1.82, 2.24) is 9.47 Å². The average molecular weight is 310 g/mol. The second kappa shape index (κ2) is 6.93. The first-order valence-electron chi connectivity index (χ1n) is 7.42. The summed E-state index contributed by atoms with van der Waals surface area (Å²) in [5.74, 6) is -1.54. The molecule has 122 valence electrons. The van der Waals surface area contributed by atoms with Crippen LogP contribution in [-0.4, -0.2) is 49.9 Å². The van der Waals surface area contributed by atoms with Gasteiger partial charge in [-0.25, -0.2) is 0 Å². The van der Waals surface area contributed by atoms with Crippen LogP contribution in [0.25, 0.3) is 0 Å². The fourth-order valence-corrected chi connectivity index (χ4v) is 2.82. The lowest BCUT2D eigenvalue weighted by molar-refractivity contribution is -0.143. The van der Waals surface area contributed by atoms with Gasteiger partial charge in [0, 0.05) is 31.4 Å². The Bertz CT molecular complexity index is 596. The molecule has 1 aliphatic heterocycles. The van der Waals surface area contributed by atoms with Gasteiger partial charge in [-0.05, 0) is 26.3 Å². The Morgan fingerprint density at radius 1 is 1.50 bits per heavy atom. The Morgan fingerprint density at radius 3 is 2.86 bits per heavy atom. The van der Waals surface area contributed by atoms with Gasteiger partial charge in [0.25, 0.3) is 0 Å². The van der Waals surface area contributed by atoms with Gasteiger partial charge in [-0.2, -0.15) is 0 Å². The zero-order chi connectivity index (χ0) is 16.3. The average Bonchev–Trinajstić information content (AvgIpc) is 2.44. The van der Waals surface area contributed by atoms with E-state index in [1.54, 1.807) is 11.5 Å². The second-order valence-electron chi connectivity index (χ2n) is 5.93. The lowest BCUT2D eigenvalue weighted by Crippen LogP contribution is -2.39. The molecular weight excluding hydrogens is 288 g/mol. The molecule has 2 rings (SSSR count). The molecule has 7 nitrogen and oxygen atoms in total. The Balaban J connectivity index is 2.19. The molecule has 0 amide bonds. The molecule has 0 saturated carbocycles. The molecule has 1 saturated heterocycles. The largest absolute Gasteiger partial charge is 0.503 e. The number of nitrogens with zero attached hydrogens (tertiary/aromatic N) is 2. The van der Waals surface area contributed by atoms with Crippen molar-refractivity contribution in [1.29, 1.82) is 0 Å². The lowest BCUT2D eigenvalue weighted by atomic mass is 9.98. The van der Waals surface area contributed by atoms with E-state index in [1.807, 2.05) is 4.90 Å². The summed E-state index contributed by atoms with van der Waals surface area (Å²) in [6, 6.07) is 1.35. The van der Waals surface area contributed by atoms with E-state index in [-0.39, 0.29) is 18.2 Å². The van der Waals surface area contributed by atoms with Gasteiger partial charge in [0.15, 0.2) is 5.75 Å². The molecule has 1 aromatic rings. The summed E-state index contributed by atoms with van der Waals surface area (Å²) in [7, 11) is 0. The minimum absolute atomic E-state index is 0.263. The van der Waals surface area contributed by atoms with E-state index in [9.17, 15) is 19.8 Å². The lowest BCUT2D eigenvalue weighted by Gasteiger charge is -2.31. The SMILES string of the molecule is CC(O)Cn1cc(O)c(=O)cc1CN1CCCC(C(=O)O)C1. The van der Waals surface area contributed by atoms with E-state index >= 15 is 0 Å². The number of carboxylic acids is 1. The normalized spacial score (nSPS) is 20.7. The number of aromatic hydroxyl groups is 1. The number of hydrogen-bond acceptors (Lipinski definition) is 5. The number of piperidine rings is 1. The quantitative estimate of drug-likeness (QED) is 0.719. The van der Waals surface area contributed by atoms with Crippen LogP contribution in [0.5, 0.6) is 5.75 Å². The minimum atomic E-state index is -0.795. The first-order chi connectivity index (χ1) is 10.4. The zero-order valence-corrected chi connectivity index (χ0v) is 12.6. The Labute approximate surface area is 128 Å². The molecule has 0 aliphatic carbocycles. The summed E-state index contributed by atoms with van der Waals surface area (Å²) in [4.78, 5) is 24.8. The molecule has 2 unspecified atom stereocenters. The molecule has 1 aromatic heterocycles. The standard InChI is InChI=1S/C15H22N2O5/c1-10(18)6-17-9-14(20)13(19)5-12(17)8-16-4-2-3-11(7-16)15(21)22/h5,9-11,18,20H,2-4,6-8H2,1H3,(H,21,22). The highest BCUT2D eigenvalue weighted by Gasteiger charge is 2.25. The molecule has 22 heavy (non-hydrogen) atoms. The Morgan fingerprint density at radius 2 is 2.23 bits per heavy atom. The van der Waals surface area contributed by atoms with Crippen molar-refractivity contribution in [2.75, 3.05) is 13.1 Å². The Kier molecular flexibility index (Phi) is 5.20. The second-order valence-corrected chi connectivity index (χ2v) is 5.93. The molecule has 7 heteroatoms. The van der Waals surface area contributed by atoms with Crippen molar-refractivity contribution in [2.45, 2.75) is 39.0 Å². The zero-order valence-electron chi connectivity index (χ0n) is 12.6. The van der Waals surface area contributed by atoms with Crippen molar-refractivity contribution in [2.24, 2.45) is 5.92 Å². The molecule has 0 aromatic carbocycles. The number of aliphatic hydroxyl groups excluding tert-OH is 1. The van der Waals surface area contributed by atoms with Gasteiger partial charge < -0.3 is 19.9 Å². The predicted octanol–water partition coefficient (Wildman–Crippen LogP) is 0.231. The maximum Gasteiger partial charge on any atom is 0.307 e. The number of carboxylic acid groups (broad SMARTS) is 1. The van der Waals surface area contributed by atoms with Gasteiger partial charge >= 0.3 is 5.97 Å². The summed E-state index contributed by atoms with van der Waals surface area (Å²) in [5, 5.41) is 28.2. The number of rotatable bonds is 5. The van der Waals surface area contributed by atoms with Crippen LogP contribution in [0.15, 0.2) is 17.1 Å². The van der Waals surface area contributed by atoms with Gasteiger partial charge in [-0.3, -0.25) is 14.5 Å². The van der Waals surface area contributed by atoms with E-state index < -0.39 is 17.5 Å². The number of aliphatic carboxylic acids is 1. The van der Waals surface area contributed by atoms with Gasteiger partial charge in [-0.1, -0.05) is 0 Å². The van der Waals surface area contributed by atoms with E-state index in [4.69, 9.17) is 5.11 Å². The van der Waals surface area contributed by atoms with Gasteiger partial charge in [0.1, 0.15) is 0 Å². The Hall–Kier alpha value is -1.86. The number of aliphatic hydroxyl groups is 1. The number of carbonyl (C=O) groups is 1. The summed E-state index contributed by atoms with van der Waals surface area (Å²) < 4.78 is 1.64. The van der Waals surface area contributed by atoms with Crippen LogP contribution in [-0.2, 0) is 17.9 Å². The highest BCUT2D eigenvalue weighted by Crippen LogP contribution is 2.19. The van der Waals surface area contributed by atoms with Crippen molar-refractivity contribution in [3.05, 3.63) is 28.2 Å².